The Hall–Kier alpha value is -4.17. The van der Waals surface area contributed by atoms with Gasteiger partial charge in [-0.3, -0.25) is 0 Å². The van der Waals surface area contributed by atoms with Crippen molar-refractivity contribution >= 4 is 22.9 Å². The summed E-state index contributed by atoms with van der Waals surface area (Å²) in [5.74, 6) is 0.166. The van der Waals surface area contributed by atoms with Crippen LogP contribution in [0.1, 0.15) is 23.6 Å². The van der Waals surface area contributed by atoms with Gasteiger partial charge in [-0.2, -0.15) is 18.3 Å². The maximum Gasteiger partial charge on any atom is 0.431 e. The number of halogens is 4. The molecule has 3 aromatic rings. The zero-order chi connectivity index (χ0) is 28.2. The minimum Gasteiger partial charge on any atom is -0.507 e. The first-order valence-electron chi connectivity index (χ1n) is 12.0. The lowest BCUT2D eigenvalue weighted by atomic mass is 9.94. The van der Waals surface area contributed by atoms with Crippen LogP contribution in [-0.2, 0) is 6.61 Å². The van der Waals surface area contributed by atoms with Gasteiger partial charge in [0, 0.05) is 30.9 Å². The Balaban J connectivity index is 1.85. The largest absolute Gasteiger partial charge is 0.507 e. The number of aromatic hydroxyl groups is 1. The predicted molar refractivity (Wildman–Crippen MR) is 150 cm³/mol. The highest BCUT2D eigenvalue weighted by molar-refractivity contribution is 6.30. The van der Waals surface area contributed by atoms with Crippen molar-refractivity contribution in [2.24, 2.45) is 5.10 Å². The summed E-state index contributed by atoms with van der Waals surface area (Å²) in [5, 5.41) is 16.4. The number of alkyl halides is 3. The van der Waals surface area contributed by atoms with E-state index in [1.54, 1.807) is 37.4 Å². The van der Waals surface area contributed by atoms with Crippen molar-refractivity contribution in [1.82, 2.24) is 10.3 Å². The van der Waals surface area contributed by atoms with E-state index < -0.39 is 11.9 Å². The highest BCUT2D eigenvalue weighted by Gasteiger charge is 2.36. The summed E-state index contributed by atoms with van der Waals surface area (Å²) in [4.78, 5) is 0.998. The molecule has 0 spiro atoms. The molecule has 0 saturated carbocycles. The van der Waals surface area contributed by atoms with Gasteiger partial charge < -0.3 is 20.2 Å². The third-order valence-corrected chi connectivity index (χ3v) is 6.41. The average molecular weight is 554 g/mol. The van der Waals surface area contributed by atoms with Gasteiger partial charge in [0.1, 0.15) is 23.8 Å². The maximum absolute atomic E-state index is 13.8. The van der Waals surface area contributed by atoms with Crippen molar-refractivity contribution in [2.45, 2.75) is 19.7 Å². The van der Waals surface area contributed by atoms with Gasteiger partial charge >= 0.3 is 6.18 Å². The number of hydrogen-bond donors (Lipinski definition) is 2. The van der Waals surface area contributed by atoms with Crippen LogP contribution in [0.2, 0.25) is 5.02 Å². The van der Waals surface area contributed by atoms with E-state index in [1.807, 2.05) is 37.3 Å². The fraction of sp³-hybridized carbons (Fsp3) is 0.167. The quantitative estimate of drug-likeness (QED) is 0.235. The highest BCUT2D eigenvalue weighted by atomic mass is 35.5. The number of nitrogens with one attached hydrogen (secondary N) is 1. The number of phenols is 1. The molecule has 0 aliphatic carbocycles. The van der Waals surface area contributed by atoms with E-state index in [9.17, 15) is 18.3 Å². The van der Waals surface area contributed by atoms with Crippen molar-refractivity contribution in [3.05, 3.63) is 113 Å². The second kappa shape index (κ2) is 11.7. The van der Waals surface area contributed by atoms with Gasteiger partial charge in [-0.1, -0.05) is 48.0 Å². The summed E-state index contributed by atoms with van der Waals surface area (Å²) >= 11 is 5.99. The lowest BCUT2D eigenvalue weighted by molar-refractivity contribution is -0.105. The second-order valence-corrected chi connectivity index (χ2v) is 9.29. The molecule has 1 aliphatic heterocycles. The molecule has 0 fully saturated rings. The van der Waals surface area contributed by atoms with E-state index in [-0.39, 0.29) is 23.5 Å². The Morgan fingerprint density at radius 2 is 1.85 bits per heavy atom. The lowest BCUT2D eigenvalue weighted by Crippen LogP contribution is -2.24. The molecule has 5 nitrogen and oxygen atoms in total. The Morgan fingerprint density at radius 1 is 1.10 bits per heavy atom. The SMILES string of the molecule is CN/N=C(\C)c1cccc(-c2c(OCc3ccc(Cl)cc3)ccc(C3=CC=CN(C)C(C(F)(F)F)=C3)c2O)c1. The van der Waals surface area contributed by atoms with Crippen LogP contribution in [-0.4, -0.2) is 36.0 Å². The van der Waals surface area contributed by atoms with Crippen LogP contribution in [0.4, 0.5) is 13.2 Å². The Labute approximate surface area is 230 Å². The lowest BCUT2D eigenvalue weighted by Gasteiger charge is -2.21. The van der Waals surface area contributed by atoms with Crippen LogP contribution in [0.15, 0.2) is 95.9 Å². The van der Waals surface area contributed by atoms with Crippen molar-refractivity contribution in [1.29, 1.82) is 0 Å². The molecule has 202 valence electrons. The Kier molecular flexibility index (Phi) is 8.35. The van der Waals surface area contributed by atoms with Crippen LogP contribution in [0.25, 0.3) is 16.7 Å². The maximum atomic E-state index is 13.8. The van der Waals surface area contributed by atoms with Gasteiger partial charge in [-0.15, -0.1) is 0 Å². The topological polar surface area (TPSA) is 57.1 Å². The van der Waals surface area contributed by atoms with Crippen molar-refractivity contribution in [3.8, 4) is 22.6 Å². The van der Waals surface area contributed by atoms with E-state index in [4.69, 9.17) is 16.3 Å². The molecule has 0 atom stereocenters. The minimum atomic E-state index is -4.58. The summed E-state index contributed by atoms with van der Waals surface area (Å²) in [6.45, 7) is 2.03. The molecule has 9 heteroatoms. The van der Waals surface area contributed by atoms with Crippen LogP contribution < -0.4 is 10.2 Å². The molecular weight excluding hydrogens is 527 g/mol. The molecule has 0 bridgehead atoms. The smallest absolute Gasteiger partial charge is 0.431 e. The van der Waals surface area contributed by atoms with Gasteiger partial charge in [0.25, 0.3) is 0 Å². The third kappa shape index (κ3) is 6.46. The molecule has 0 amide bonds. The van der Waals surface area contributed by atoms with Crippen molar-refractivity contribution in [2.75, 3.05) is 14.1 Å². The van der Waals surface area contributed by atoms with Crippen LogP contribution in [0.3, 0.4) is 0 Å². The molecule has 2 N–H and O–H groups in total. The van der Waals surface area contributed by atoms with Gasteiger partial charge in [0.05, 0.1) is 11.3 Å². The van der Waals surface area contributed by atoms with E-state index >= 15 is 0 Å². The standard InChI is InChI=1S/C30H27ClF3N3O2/c1-19(36-35-2)21-6-4-7-23(16-21)28-26(39-18-20-9-11-24(31)12-10-20)14-13-25(29(28)38)22-8-5-15-37(3)27(17-22)30(32,33)34/h4-17,35,38H,18H2,1-3H3/b36-19+. The average Bonchev–Trinajstić information content (AvgIpc) is 3.10. The molecule has 1 heterocycles. The number of allylic oxidation sites excluding steroid dienone is 5. The number of benzene rings is 3. The van der Waals surface area contributed by atoms with Crippen LogP contribution in [0.5, 0.6) is 11.5 Å². The molecular formula is C30H27ClF3N3O2. The molecule has 0 saturated heterocycles. The van der Waals surface area contributed by atoms with Gasteiger partial charge in [0.15, 0.2) is 0 Å². The first kappa shape index (κ1) is 27.9. The van der Waals surface area contributed by atoms with Gasteiger partial charge in [0.2, 0.25) is 0 Å². The Bertz CT molecular complexity index is 1480. The van der Waals surface area contributed by atoms with E-state index in [1.165, 1.54) is 25.4 Å². The van der Waals surface area contributed by atoms with Gasteiger partial charge in [-0.25, -0.2) is 0 Å². The molecule has 0 radical (unpaired) electrons. The summed E-state index contributed by atoms with van der Waals surface area (Å²) in [6.07, 6.45) is 0.796. The summed E-state index contributed by atoms with van der Waals surface area (Å²) < 4.78 is 47.4. The molecule has 0 aromatic heterocycles. The summed E-state index contributed by atoms with van der Waals surface area (Å²) in [5.41, 5.74) is 5.68. The molecule has 4 rings (SSSR count). The van der Waals surface area contributed by atoms with E-state index in [2.05, 4.69) is 10.5 Å². The molecule has 3 aromatic carbocycles. The van der Waals surface area contributed by atoms with E-state index in [0.717, 1.165) is 27.8 Å². The number of rotatable bonds is 7. The first-order chi connectivity index (χ1) is 18.6. The zero-order valence-electron chi connectivity index (χ0n) is 21.6. The fourth-order valence-corrected chi connectivity index (χ4v) is 4.31. The van der Waals surface area contributed by atoms with E-state index in [0.29, 0.717) is 21.9 Å². The number of nitrogens with zero attached hydrogens (tertiary/aromatic N) is 2. The normalized spacial score (nSPS) is 14.0. The van der Waals surface area contributed by atoms with Crippen LogP contribution >= 0.6 is 11.6 Å². The predicted octanol–water partition coefficient (Wildman–Crippen LogP) is 7.52. The summed E-state index contributed by atoms with van der Waals surface area (Å²) in [7, 11) is 3.02. The molecule has 0 unspecified atom stereocenters. The number of hydrazone groups is 1. The number of phenolic OH excluding ortho intramolecular Hbond substituents is 1. The van der Waals surface area contributed by atoms with Crippen molar-refractivity contribution in [3.63, 3.8) is 0 Å². The second-order valence-electron chi connectivity index (χ2n) is 8.85. The fourth-order valence-electron chi connectivity index (χ4n) is 4.18. The third-order valence-electron chi connectivity index (χ3n) is 6.15. The van der Waals surface area contributed by atoms with Crippen molar-refractivity contribution < 1.29 is 23.0 Å². The number of ether oxygens (including phenoxy) is 1. The highest BCUT2D eigenvalue weighted by Crippen LogP contribution is 2.44. The first-order valence-corrected chi connectivity index (χ1v) is 12.4. The molecule has 39 heavy (non-hydrogen) atoms. The summed E-state index contributed by atoms with van der Waals surface area (Å²) in [6, 6.07) is 17.7. The Morgan fingerprint density at radius 3 is 2.54 bits per heavy atom. The van der Waals surface area contributed by atoms with Crippen LogP contribution in [0, 0.1) is 0 Å². The minimum absolute atomic E-state index is 0.192. The number of hydrogen-bond acceptors (Lipinski definition) is 5. The monoisotopic (exact) mass is 553 g/mol. The zero-order valence-corrected chi connectivity index (χ0v) is 22.3. The molecule has 1 aliphatic rings. The van der Waals surface area contributed by atoms with Gasteiger partial charge in [-0.05, 0) is 71.7 Å².